The van der Waals surface area contributed by atoms with Crippen LogP contribution < -0.4 is 4.72 Å². The van der Waals surface area contributed by atoms with Crippen molar-refractivity contribution in [1.29, 1.82) is 0 Å². The minimum Gasteiger partial charge on any atom is -0.468 e. The number of hydrogen-bond donors (Lipinski definition) is 1. The lowest BCUT2D eigenvalue weighted by Crippen LogP contribution is -2.27. The number of methoxy groups -OCH3 is 1. The molecule has 1 aromatic heterocycles. The van der Waals surface area contributed by atoms with Crippen molar-refractivity contribution in [3.8, 4) is 0 Å². The first-order valence-electron chi connectivity index (χ1n) is 9.82. The molecular formula is C21H22N2O8S2. The highest BCUT2D eigenvalue weighted by atomic mass is 32.2. The van der Waals surface area contributed by atoms with Crippen LogP contribution >= 0.6 is 11.8 Å². The van der Waals surface area contributed by atoms with Gasteiger partial charge in [-0.25, -0.2) is 22.7 Å². The third-order valence-corrected chi connectivity index (χ3v) is 6.93. The van der Waals surface area contributed by atoms with Crippen LogP contribution in [0.5, 0.6) is 0 Å². The van der Waals surface area contributed by atoms with E-state index in [-0.39, 0.29) is 41.8 Å². The van der Waals surface area contributed by atoms with E-state index in [4.69, 9.17) is 9.15 Å². The molecule has 0 unspecified atom stereocenters. The van der Waals surface area contributed by atoms with Gasteiger partial charge in [-0.15, -0.1) is 0 Å². The standard InChI is InChI=1S/C21H22N2O8S2/c1-29-20(25)12-19-23(18(24)14-32-19)8-4-10-31-21(26)15-5-2-7-17(11-15)33(27,28)22-13-16-6-3-9-30-16/h2-3,5-7,9,11-12,22H,4,8,10,13-14H2,1H3/b19-12+. The quantitative estimate of drug-likeness (QED) is 0.299. The molecule has 0 bridgehead atoms. The van der Waals surface area contributed by atoms with Crippen LogP contribution in [-0.2, 0) is 35.6 Å². The molecule has 1 aliphatic heterocycles. The SMILES string of the molecule is COC(=O)/C=C1/SCC(=O)N1CCCOC(=O)c1cccc(S(=O)(=O)NCc2ccco2)c1. The zero-order valence-corrected chi connectivity index (χ0v) is 19.3. The van der Waals surface area contributed by atoms with Crippen LogP contribution in [0.1, 0.15) is 22.5 Å². The van der Waals surface area contributed by atoms with E-state index in [9.17, 15) is 22.8 Å². The molecule has 1 saturated heterocycles. The summed E-state index contributed by atoms with van der Waals surface area (Å²) in [6.45, 7) is 0.240. The first-order chi connectivity index (χ1) is 15.8. The molecule has 0 atom stereocenters. The van der Waals surface area contributed by atoms with Crippen molar-refractivity contribution in [1.82, 2.24) is 9.62 Å². The Morgan fingerprint density at radius 1 is 1.27 bits per heavy atom. The van der Waals surface area contributed by atoms with Gasteiger partial charge in [0.2, 0.25) is 15.9 Å². The second-order valence-corrected chi connectivity index (χ2v) is 9.52. The second kappa shape index (κ2) is 11.2. The first-order valence-corrected chi connectivity index (χ1v) is 12.3. The second-order valence-electron chi connectivity index (χ2n) is 6.76. The number of rotatable bonds is 10. The number of esters is 2. The smallest absolute Gasteiger partial charge is 0.338 e. The third-order valence-electron chi connectivity index (χ3n) is 4.51. The topological polar surface area (TPSA) is 132 Å². The van der Waals surface area contributed by atoms with Crippen LogP contribution in [0.2, 0.25) is 0 Å². The summed E-state index contributed by atoms with van der Waals surface area (Å²) in [6.07, 6.45) is 3.02. The summed E-state index contributed by atoms with van der Waals surface area (Å²) in [7, 11) is -2.61. The van der Waals surface area contributed by atoms with E-state index in [2.05, 4.69) is 9.46 Å². The van der Waals surface area contributed by atoms with Gasteiger partial charge in [-0.1, -0.05) is 17.8 Å². The van der Waals surface area contributed by atoms with Gasteiger partial charge in [0.25, 0.3) is 0 Å². The molecule has 1 aliphatic rings. The average Bonchev–Trinajstić information content (AvgIpc) is 3.45. The average molecular weight is 495 g/mol. The third kappa shape index (κ3) is 6.70. The van der Waals surface area contributed by atoms with Crippen LogP contribution in [0.25, 0.3) is 0 Å². The van der Waals surface area contributed by atoms with Crippen molar-refractivity contribution in [2.24, 2.45) is 0 Å². The fourth-order valence-electron chi connectivity index (χ4n) is 2.85. The number of sulfonamides is 1. The largest absolute Gasteiger partial charge is 0.468 e. The van der Waals surface area contributed by atoms with Crippen LogP contribution in [0.15, 0.2) is 63.1 Å². The maximum atomic E-state index is 12.5. The van der Waals surface area contributed by atoms with Gasteiger partial charge < -0.3 is 18.8 Å². The zero-order chi connectivity index (χ0) is 23.8. The summed E-state index contributed by atoms with van der Waals surface area (Å²) in [5.74, 6) is -0.727. The Hall–Kier alpha value is -3.09. The van der Waals surface area contributed by atoms with Gasteiger partial charge in [0.1, 0.15) is 5.76 Å². The molecule has 10 nitrogen and oxygen atoms in total. The lowest BCUT2D eigenvalue weighted by atomic mass is 10.2. The Labute approximate surface area is 195 Å². The van der Waals surface area contributed by atoms with Crippen LogP contribution in [-0.4, -0.2) is 57.2 Å². The number of hydrogen-bond acceptors (Lipinski definition) is 9. The van der Waals surface area contributed by atoms with Crippen LogP contribution in [0, 0.1) is 0 Å². The Balaban J connectivity index is 1.53. The molecular weight excluding hydrogens is 472 g/mol. The number of nitrogens with one attached hydrogen (secondary N) is 1. The molecule has 176 valence electrons. The lowest BCUT2D eigenvalue weighted by Gasteiger charge is -2.16. The molecule has 0 saturated carbocycles. The van der Waals surface area contributed by atoms with Crippen molar-refractivity contribution in [2.75, 3.05) is 26.0 Å². The number of ether oxygens (including phenoxy) is 2. The Morgan fingerprint density at radius 3 is 2.82 bits per heavy atom. The summed E-state index contributed by atoms with van der Waals surface area (Å²) in [4.78, 5) is 37.1. The minimum atomic E-state index is -3.86. The van der Waals surface area contributed by atoms with Crippen LogP contribution in [0.4, 0.5) is 0 Å². The van der Waals surface area contributed by atoms with E-state index >= 15 is 0 Å². The van der Waals surface area contributed by atoms with Crippen molar-refractivity contribution in [2.45, 2.75) is 17.9 Å². The molecule has 12 heteroatoms. The molecule has 0 radical (unpaired) electrons. The van der Waals surface area contributed by atoms with E-state index in [0.717, 1.165) is 0 Å². The lowest BCUT2D eigenvalue weighted by molar-refractivity contribution is -0.134. The van der Waals surface area contributed by atoms with Crippen molar-refractivity contribution in [3.05, 3.63) is 65.1 Å². The first kappa shape index (κ1) is 24.6. The van der Waals surface area contributed by atoms with E-state index in [0.29, 0.717) is 17.2 Å². The van der Waals surface area contributed by atoms with Crippen molar-refractivity contribution in [3.63, 3.8) is 0 Å². The van der Waals surface area contributed by atoms with Gasteiger partial charge in [-0.3, -0.25) is 4.79 Å². The number of carbonyl (C=O) groups excluding carboxylic acids is 3. The number of carbonyl (C=O) groups is 3. The number of amides is 1. The molecule has 1 amide bonds. The fourth-order valence-corrected chi connectivity index (χ4v) is 4.85. The van der Waals surface area contributed by atoms with Gasteiger partial charge in [-0.2, -0.15) is 0 Å². The fraction of sp³-hybridized carbons (Fsp3) is 0.286. The summed E-state index contributed by atoms with van der Waals surface area (Å²) in [5.41, 5.74) is 0.0787. The maximum Gasteiger partial charge on any atom is 0.338 e. The summed E-state index contributed by atoms with van der Waals surface area (Å²) < 4.78 is 42.3. The predicted octanol–water partition coefficient (Wildman–Crippen LogP) is 1.89. The maximum absolute atomic E-state index is 12.5. The van der Waals surface area contributed by atoms with Crippen LogP contribution in [0.3, 0.4) is 0 Å². The molecule has 1 N–H and O–H groups in total. The van der Waals surface area contributed by atoms with E-state index in [1.807, 2.05) is 0 Å². The normalized spacial score (nSPS) is 15.1. The molecule has 2 aromatic rings. The minimum absolute atomic E-state index is 0.00645. The number of benzene rings is 1. The highest BCUT2D eigenvalue weighted by Crippen LogP contribution is 2.28. The summed E-state index contributed by atoms with van der Waals surface area (Å²) >= 11 is 1.23. The Morgan fingerprint density at radius 2 is 2.09 bits per heavy atom. The zero-order valence-electron chi connectivity index (χ0n) is 17.7. The van der Waals surface area contributed by atoms with E-state index < -0.39 is 22.0 Å². The summed E-state index contributed by atoms with van der Waals surface area (Å²) in [6, 6.07) is 8.78. The van der Waals surface area contributed by atoms with E-state index in [1.165, 1.54) is 60.4 Å². The van der Waals surface area contributed by atoms with E-state index in [1.54, 1.807) is 12.1 Å². The molecule has 2 heterocycles. The molecule has 0 spiro atoms. The Kier molecular flexibility index (Phi) is 8.31. The molecule has 33 heavy (non-hydrogen) atoms. The highest BCUT2D eigenvalue weighted by molar-refractivity contribution is 8.04. The monoisotopic (exact) mass is 494 g/mol. The molecule has 1 aromatic carbocycles. The van der Waals surface area contributed by atoms with Gasteiger partial charge in [0.15, 0.2) is 0 Å². The molecule has 0 aliphatic carbocycles. The number of thioether (sulfide) groups is 1. The van der Waals surface area contributed by atoms with Gasteiger partial charge in [0, 0.05) is 6.54 Å². The van der Waals surface area contributed by atoms with Gasteiger partial charge in [-0.05, 0) is 36.8 Å². The molecule has 3 rings (SSSR count). The number of nitrogens with zero attached hydrogens (tertiary/aromatic N) is 1. The number of furan rings is 1. The van der Waals surface area contributed by atoms with Crippen molar-refractivity contribution >= 4 is 39.6 Å². The Bertz CT molecular complexity index is 1140. The van der Waals surface area contributed by atoms with Gasteiger partial charge in [0.05, 0.1) is 53.8 Å². The van der Waals surface area contributed by atoms with Gasteiger partial charge >= 0.3 is 11.9 Å². The highest BCUT2D eigenvalue weighted by Gasteiger charge is 2.27. The van der Waals surface area contributed by atoms with Crippen molar-refractivity contribution < 1.29 is 36.7 Å². The molecule has 1 fully saturated rings. The summed E-state index contributed by atoms with van der Waals surface area (Å²) in [5, 5.41) is 0.484. The predicted molar refractivity (Wildman–Crippen MR) is 118 cm³/mol.